The minimum absolute atomic E-state index is 0.287. The number of anilines is 2. The van der Waals surface area contributed by atoms with E-state index in [0.717, 1.165) is 13.0 Å². The number of carbonyl (C=O) groups excluding carboxylic acids is 1. The zero-order chi connectivity index (χ0) is 15.1. The maximum Gasteiger partial charge on any atom is 0.274 e. The molecule has 1 heterocycles. The standard InChI is InChI=1S/C15H18N4O2/c1-3-8-16-15-17-9-7-13(19-15)14(20)18-11-5-4-6-12(10-11)21-2/h4-7,9-10H,3,8H2,1-2H3,(H,18,20)(H,16,17,19). The molecule has 21 heavy (non-hydrogen) atoms. The summed E-state index contributed by atoms with van der Waals surface area (Å²) < 4.78 is 5.12. The number of methoxy groups -OCH3 is 1. The number of aromatic nitrogens is 2. The van der Waals surface area contributed by atoms with Gasteiger partial charge in [-0.25, -0.2) is 9.97 Å². The molecule has 0 atom stereocenters. The van der Waals surface area contributed by atoms with Gasteiger partial charge in [0.1, 0.15) is 11.4 Å². The van der Waals surface area contributed by atoms with Crippen molar-refractivity contribution in [3.05, 3.63) is 42.2 Å². The van der Waals surface area contributed by atoms with Crippen LogP contribution in [-0.4, -0.2) is 29.5 Å². The van der Waals surface area contributed by atoms with Crippen LogP contribution in [-0.2, 0) is 0 Å². The molecule has 0 saturated heterocycles. The van der Waals surface area contributed by atoms with E-state index in [1.807, 2.05) is 19.1 Å². The van der Waals surface area contributed by atoms with Crippen molar-refractivity contribution in [3.8, 4) is 5.75 Å². The fourth-order valence-electron chi connectivity index (χ4n) is 1.70. The minimum Gasteiger partial charge on any atom is -0.497 e. The Kier molecular flexibility index (Phi) is 5.09. The highest BCUT2D eigenvalue weighted by Gasteiger charge is 2.09. The Morgan fingerprint density at radius 3 is 2.95 bits per heavy atom. The molecule has 1 amide bonds. The number of rotatable bonds is 6. The number of hydrogen-bond acceptors (Lipinski definition) is 5. The first-order valence-electron chi connectivity index (χ1n) is 6.75. The molecule has 110 valence electrons. The highest BCUT2D eigenvalue weighted by atomic mass is 16.5. The molecule has 6 nitrogen and oxygen atoms in total. The van der Waals surface area contributed by atoms with Crippen LogP contribution in [0, 0.1) is 0 Å². The van der Waals surface area contributed by atoms with Crippen molar-refractivity contribution in [2.75, 3.05) is 24.3 Å². The molecule has 0 unspecified atom stereocenters. The van der Waals surface area contributed by atoms with Crippen LogP contribution in [0.2, 0.25) is 0 Å². The predicted molar refractivity (Wildman–Crippen MR) is 81.8 cm³/mol. The Morgan fingerprint density at radius 1 is 1.33 bits per heavy atom. The average molecular weight is 286 g/mol. The van der Waals surface area contributed by atoms with Crippen LogP contribution < -0.4 is 15.4 Å². The molecule has 0 bridgehead atoms. The number of carbonyl (C=O) groups is 1. The van der Waals surface area contributed by atoms with Crippen molar-refractivity contribution >= 4 is 17.5 Å². The van der Waals surface area contributed by atoms with E-state index in [0.29, 0.717) is 23.1 Å². The number of benzene rings is 1. The van der Waals surface area contributed by atoms with Gasteiger partial charge in [-0.05, 0) is 24.6 Å². The van der Waals surface area contributed by atoms with E-state index in [1.165, 1.54) is 0 Å². The SMILES string of the molecule is CCCNc1nccc(C(=O)Nc2cccc(OC)c2)n1. The summed E-state index contributed by atoms with van der Waals surface area (Å²) in [7, 11) is 1.58. The van der Waals surface area contributed by atoms with Gasteiger partial charge >= 0.3 is 0 Å². The molecule has 2 aromatic rings. The van der Waals surface area contributed by atoms with Gasteiger partial charge in [-0.3, -0.25) is 4.79 Å². The summed E-state index contributed by atoms with van der Waals surface area (Å²) >= 11 is 0. The van der Waals surface area contributed by atoms with E-state index in [4.69, 9.17) is 4.74 Å². The van der Waals surface area contributed by atoms with E-state index in [1.54, 1.807) is 31.5 Å². The van der Waals surface area contributed by atoms with Crippen molar-refractivity contribution in [1.82, 2.24) is 9.97 Å². The Bertz CT molecular complexity index is 616. The number of amides is 1. The highest BCUT2D eigenvalue weighted by Crippen LogP contribution is 2.17. The molecule has 0 spiro atoms. The molecule has 0 radical (unpaired) electrons. The van der Waals surface area contributed by atoms with Crippen LogP contribution in [0.15, 0.2) is 36.5 Å². The Labute approximate surface area is 123 Å². The number of hydrogen-bond donors (Lipinski definition) is 2. The molecule has 0 fully saturated rings. The molecule has 0 aliphatic heterocycles. The van der Waals surface area contributed by atoms with Gasteiger partial charge in [-0.15, -0.1) is 0 Å². The first-order valence-corrected chi connectivity index (χ1v) is 6.75. The van der Waals surface area contributed by atoms with Gasteiger partial charge < -0.3 is 15.4 Å². The van der Waals surface area contributed by atoms with Crippen molar-refractivity contribution in [1.29, 1.82) is 0 Å². The minimum atomic E-state index is -0.287. The van der Waals surface area contributed by atoms with Gasteiger partial charge in [-0.1, -0.05) is 13.0 Å². The summed E-state index contributed by atoms with van der Waals surface area (Å²) in [5.41, 5.74) is 0.965. The zero-order valence-corrected chi connectivity index (χ0v) is 12.1. The molecule has 2 N–H and O–H groups in total. The van der Waals surface area contributed by atoms with Crippen LogP contribution in [0.4, 0.5) is 11.6 Å². The molecule has 0 saturated carbocycles. The van der Waals surface area contributed by atoms with Crippen molar-refractivity contribution in [2.24, 2.45) is 0 Å². The number of ether oxygens (including phenoxy) is 1. The van der Waals surface area contributed by atoms with Gasteiger partial charge in [-0.2, -0.15) is 0 Å². The molecule has 1 aromatic heterocycles. The van der Waals surface area contributed by atoms with E-state index >= 15 is 0 Å². The second-order valence-electron chi connectivity index (χ2n) is 4.38. The van der Waals surface area contributed by atoms with E-state index in [9.17, 15) is 4.79 Å². The van der Waals surface area contributed by atoms with Crippen LogP contribution in [0.5, 0.6) is 5.75 Å². The van der Waals surface area contributed by atoms with Gasteiger partial charge in [0, 0.05) is 24.5 Å². The molecule has 2 rings (SSSR count). The molecular formula is C15H18N4O2. The smallest absolute Gasteiger partial charge is 0.274 e. The predicted octanol–water partition coefficient (Wildman–Crippen LogP) is 2.56. The number of nitrogens with zero attached hydrogens (tertiary/aromatic N) is 2. The summed E-state index contributed by atoms with van der Waals surface area (Å²) in [5, 5.41) is 5.83. The lowest BCUT2D eigenvalue weighted by Gasteiger charge is -2.08. The Hall–Kier alpha value is -2.63. The fraction of sp³-hybridized carbons (Fsp3) is 0.267. The molecular weight excluding hydrogens is 268 g/mol. The summed E-state index contributed by atoms with van der Waals surface area (Å²) in [6.45, 7) is 2.81. The average Bonchev–Trinajstić information content (AvgIpc) is 2.53. The summed E-state index contributed by atoms with van der Waals surface area (Å²) in [4.78, 5) is 20.4. The highest BCUT2D eigenvalue weighted by molar-refractivity contribution is 6.03. The third-order valence-electron chi connectivity index (χ3n) is 2.75. The third-order valence-corrected chi connectivity index (χ3v) is 2.75. The lowest BCUT2D eigenvalue weighted by molar-refractivity contribution is 0.102. The van der Waals surface area contributed by atoms with Gasteiger partial charge in [0.15, 0.2) is 0 Å². The first-order chi connectivity index (χ1) is 10.2. The van der Waals surface area contributed by atoms with Gasteiger partial charge in [0.25, 0.3) is 5.91 Å². The van der Waals surface area contributed by atoms with Gasteiger partial charge in [0.05, 0.1) is 7.11 Å². The van der Waals surface area contributed by atoms with Gasteiger partial charge in [0.2, 0.25) is 5.95 Å². The topological polar surface area (TPSA) is 76.1 Å². The Balaban J connectivity index is 2.08. The molecule has 1 aromatic carbocycles. The summed E-state index contributed by atoms with van der Waals surface area (Å²) in [6, 6.07) is 8.73. The maximum atomic E-state index is 12.2. The third kappa shape index (κ3) is 4.17. The van der Waals surface area contributed by atoms with E-state index < -0.39 is 0 Å². The van der Waals surface area contributed by atoms with Crippen LogP contribution in [0.1, 0.15) is 23.8 Å². The normalized spacial score (nSPS) is 10.0. The zero-order valence-electron chi connectivity index (χ0n) is 12.1. The molecule has 0 aliphatic carbocycles. The Morgan fingerprint density at radius 2 is 2.19 bits per heavy atom. The fourth-order valence-corrected chi connectivity index (χ4v) is 1.70. The van der Waals surface area contributed by atoms with Crippen molar-refractivity contribution < 1.29 is 9.53 Å². The van der Waals surface area contributed by atoms with E-state index in [2.05, 4.69) is 20.6 Å². The van der Waals surface area contributed by atoms with E-state index in [-0.39, 0.29) is 5.91 Å². The van der Waals surface area contributed by atoms with Crippen molar-refractivity contribution in [2.45, 2.75) is 13.3 Å². The number of nitrogens with one attached hydrogen (secondary N) is 2. The summed E-state index contributed by atoms with van der Waals surface area (Å²) in [6.07, 6.45) is 2.52. The maximum absolute atomic E-state index is 12.2. The van der Waals surface area contributed by atoms with Crippen LogP contribution >= 0.6 is 0 Å². The lowest BCUT2D eigenvalue weighted by atomic mass is 10.3. The quantitative estimate of drug-likeness (QED) is 0.853. The van der Waals surface area contributed by atoms with Crippen molar-refractivity contribution in [3.63, 3.8) is 0 Å². The summed E-state index contributed by atoms with van der Waals surface area (Å²) in [5.74, 6) is 0.848. The second kappa shape index (κ2) is 7.23. The second-order valence-corrected chi connectivity index (χ2v) is 4.38. The molecule has 0 aliphatic rings. The molecule has 6 heteroatoms. The van der Waals surface area contributed by atoms with Crippen LogP contribution in [0.3, 0.4) is 0 Å². The first kappa shape index (κ1) is 14.8. The lowest BCUT2D eigenvalue weighted by Crippen LogP contribution is -2.15. The van der Waals surface area contributed by atoms with Crippen LogP contribution in [0.25, 0.3) is 0 Å². The monoisotopic (exact) mass is 286 g/mol. The largest absolute Gasteiger partial charge is 0.497 e.